The highest BCUT2D eigenvalue weighted by Gasteiger charge is 2.26. The number of amides is 2. The van der Waals surface area contributed by atoms with Crippen molar-refractivity contribution in [1.82, 2.24) is 10.2 Å². The highest BCUT2D eigenvalue weighted by atomic mass is 35.5. The molecule has 0 unspecified atom stereocenters. The lowest BCUT2D eigenvalue weighted by Crippen LogP contribution is -2.48. The molecule has 2 aromatic rings. The van der Waals surface area contributed by atoms with Gasteiger partial charge in [-0.1, -0.05) is 72.9 Å². The zero-order valence-electron chi connectivity index (χ0n) is 18.5. The van der Waals surface area contributed by atoms with E-state index in [-0.39, 0.29) is 17.6 Å². The van der Waals surface area contributed by atoms with E-state index in [0.29, 0.717) is 34.8 Å². The number of benzene rings is 2. The van der Waals surface area contributed by atoms with Gasteiger partial charge in [-0.15, -0.1) is 11.8 Å². The first kappa shape index (κ1) is 25.6. The van der Waals surface area contributed by atoms with Crippen LogP contribution in [0.3, 0.4) is 0 Å². The van der Waals surface area contributed by atoms with Crippen LogP contribution in [-0.2, 0) is 21.9 Å². The summed E-state index contributed by atoms with van der Waals surface area (Å²) in [5.74, 6) is 1.05. The maximum atomic E-state index is 13.1. The average Bonchev–Trinajstić information content (AvgIpc) is 2.73. The van der Waals surface area contributed by atoms with Crippen molar-refractivity contribution in [1.29, 1.82) is 0 Å². The Kier molecular flexibility index (Phi) is 10.2. The molecule has 0 radical (unpaired) electrons. The van der Waals surface area contributed by atoms with E-state index in [1.54, 1.807) is 17.9 Å². The van der Waals surface area contributed by atoms with Gasteiger partial charge >= 0.3 is 0 Å². The van der Waals surface area contributed by atoms with Gasteiger partial charge in [0.1, 0.15) is 6.04 Å². The Hall–Kier alpha value is -1.69. The Bertz CT molecular complexity index is 888. The molecule has 0 saturated carbocycles. The van der Waals surface area contributed by atoms with Gasteiger partial charge in [-0.05, 0) is 43.0 Å². The lowest BCUT2D eigenvalue weighted by atomic mass is 10.1. The first-order valence-electron chi connectivity index (χ1n) is 10.3. The van der Waals surface area contributed by atoms with Gasteiger partial charge in [0.05, 0.1) is 15.8 Å². The Labute approximate surface area is 199 Å². The second-order valence-electron chi connectivity index (χ2n) is 8.06. The molecule has 1 atom stereocenters. The van der Waals surface area contributed by atoms with Crippen molar-refractivity contribution in [2.75, 3.05) is 12.3 Å². The summed E-state index contributed by atoms with van der Waals surface area (Å²) in [4.78, 5) is 27.4. The van der Waals surface area contributed by atoms with Crippen LogP contribution in [0.4, 0.5) is 0 Å². The largest absolute Gasteiger partial charge is 0.354 e. The predicted octanol–water partition coefficient (Wildman–Crippen LogP) is 5.72. The number of nitrogens with zero attached hydrogens (tertiary/aromatic N) is 1. The van der Waals surface area contributed by atoms with Crippen molar-refractivity contribution in [3.8, 4) is 0 Å². The quantitative estimate of drug-likeness (QED) is 0.472. The van der Waals surface area contributed by atoms with Crippen molar-refractivity contribution in [2.45, 2.75) is 46.0 Å². The van der Waals surface area contributed by atoms with E-state index in [4.69, 9.17) is 23.2 Å². The molecule has 0 bridgehead atoms. The molecule has 2 amide bonds. The standard InChI is InChI=1S/C24H30Cl2N2O2S/c1-16(2)12-27-24(30)18(4)28(13-19-7-5-17(3)6-8-19)23(29)15-31-14-20-9-10-21(25)22(26)11-20/h5-11,16,18H,12-15H2,1-4H3,(H,27,30)/t18-/m0/s1. The summed E-state index contributed by atoms with van der Waals surface area (Å²) in [6.45, 7) is 8.86. The highest BCUT2D eigenvalue weighted by Crippen LogP contribution is 2.25. The molecule has 0 saturated heterocycles. The number of rotatable bonds is 10. The van der Waals surface area contributed by atoms with Crippen LogP contribution in [0.1, 0.15) is 37.5 Å². The topological polar surface area (TPSA) is 49.4 Å². The molecule has 2 rings (SSSR count). The molecular weight excluding hydrogens is 451 g/mol. The summed E-state index contributed by atoms with van der Waals surface area (Å²) < 4.78 is 0. The summed E-state index contributed by atoms with van der Waals surface area (Å²) in [7, 11) is 0. The molecule has 4 nitrogen and oxygen atoms in total. The summed E-state index contributed by atoms with van der Waals surface area (Å²) in [6.07, 6.45) is 0. The SMILES string of the molecule is Cc1ccc(CN(C(=O)CSCc2ccc(Cl)c(Cl)c2)[C@@H](C)C(=O)NCC(C)C)cc1. The van der Waals surface area contributed by atoms with Gasteiger partial charge in [-0.3, -0.25) is 9.59 Å². The molecule has 0 aliphatic rings. The zero-order valence-corrected chi connectivity index (χ0v) is 20.8. The smallest absolute Gasteiger partial charge is 0.242 e. The number of hydrogen-bond acceptors (Lipinski definition) is 3. The van der Waals surface area contributed by atoms with Gasteiger partial charge in [0.15, 0.2) is 0 Å². The number of thioether (sulfide) groups is 1. The summed E-state index contributed by atoms with van der Waals surface area (Å²) in [5, 5.41) is 3.95. The Morgan fingerprint density at radius 2 is 1.65 bits per heavy atom. The molecule has 0 aliphatic heterocycles. The molecule has 168 valence electrons. The van der Waals surface area contributed by atoms with E-state index < -0.39 is 6.04 Å². The van der Waals surface area contributed by atoms with Crippen LogP contribution in [0.25, 0.3) is 0 Å². The molecule has 0 aromatic heterocycles. The minimum absolute atomic E-state index is 0.0715. The van der Waals surface area contributed by atoms with E-state index in [0.717, 1.165) is 16.7 Å². The van der Waals surface area contributed by atoms with Crippen molar-refractivity contribution >= 4 is 46.8 Å². The van der Waals surface area contributed by atoms with Gasteiger partial charge in [0, 0.05) is 18.8 Å². The maximum absolute atomic E-state index is 13.1. The number of nitrogens with one attached hydrogen (secondary N) is 1. The third-order valence-electron chi connectivity index (χ3n) is 4.80. The van der Waals surface area contributed by atoms with Crippen LogP contribution in [0, 0.1) is 12.8 Å². The van der Waals surface area contributed by atoms with Gasteiger partial charge < -0.3 is 10.2 Å². The van der Waals surface area contributed by atoms with Gasteiger partial charge in [0.2, 0.25) is 11.8 Å². The second-order valence-corrected chi connectivity index (χ2v) is 9.86. The molecule has 2 aromatic carbocycles. The minimum atomic E-state index is -0.557. The number of carbonyl (C=O) groups excluding carboxylic acids is 2. The van der Waals surface area contributed by atoms with Gasteiger partial charge in [-0.2, -0.15) is 0 Å². The Morgan fingerprint density at radius 1 is 1.00 bits per heavy atom. The van der Waals surface area contributed by atoms with E-state index in [2.05, 4.69) is 5.32 Å². The summed E-state index contributed by atoms with van der Waals surface area (Å²) in [6, 6.07) is 12.9. The molecule has 0 fully saturated rings. The summed E-state index contributed by atoms with van der Waals surface area (Å²) >= 11 is 13.5. The zero-order chi connectivity index (χ0) is 23.0. The van der Waals surface area contributed by atoms with E-state index in [9.17, 15) is 9.59 Å². The van der Waals surface area contributed by atoms with Crippen LogP contribution in [-0.4, -0.2) is 35.1 Å². The van der Waals surface area contributed by atoms with Crippen molar-refractivity contribution in [3.05, 3.63) is 69.2 Å². The molecule has 0 spiro atoms. The predicted molar refractivity (Wildman–Crippen MR) is 132 cm³/mol. The fraction of sp³-hybridized carbons (Fsp3) is 0.417. The van der Waals surface area contributed by atoms with Crippen LogP contribution in [0.2, 0.25) is 10.0 Å². The number of carbonyl (C=O) groups is 2. The lowest BCUT2D eigenvalue weighted by Gasteiger charge is -2.29. The highest BCUT2D eigenvalue weighted by molar-refractivity contribution is 7.99. The molecule has 7 heteroatoms. The molecule has 1 N–H and O–H groups in total. The van der Waals surface area contributed by atoms with Crippen molar-refractivity contribution in [2.24, 2.45) is 5.92 Å². The molecular formula is C24H30Cl2N2O2S. The average molecular weight is 481 g/mol. The second kappa shape index (κ2) is 12.4. The third kappa shape index (κ3) is 8.40. The monoisotopic (exact) mass is 480 g/mol. The van der Waals surface area contributed by atoms with E-state index >= 15 is 0 Å². The van der Waals surface area contributed by atoms with Gasteiger partial charge in [-0.25, -0.2) is 0 Å². The fourth-order valence-corrected chi connectivity index (χ4v) is 4.07. The van der Waals surface area contributed by atoms with Crippen LogP contribution >= 0.6 is 35.0 Å². The van der Waals surface area contributed by atoms with Crippen molar-refractivity contribution in [3.63, 3.8) is 0 Å². The number of halogens is 2. The fourth-order valence-electron chi connectivity index (χ4n) is 2.89. The van der Waals surface area contributed by atoms with Crippen LogP contribution in [0.5, 0.6) is 0 Å². The van der Waals surface area contributed by atoms with Crippen LogP contribution in [0.15, 0.2) is 42.5 Å². The van der Waals surface area contributed by atoms with E-state index in [1.165, 1.54) is 11.8 Å². The van der Waals surface area contributed by atoms with Gasteiger partial charge in [0.25, 0.3) is 0 Å². The molecule has 0 aliphatic carbocycles. The Balaban J connectivity index is 2.05. The molecule has 0 heterocycles. The maximum Gasteiger partial charge on any atom is 0.242 e. The lowest BCUT2D eigenvalue weighted by molar-refractivity contribution is -0.138. The molecule has 31 heavy (non-hydrogen) atoms. The Morgan fingerprint density at radius 3 is 2.26 bits per heavy atom. The number of hydrogen-bond donors (Lipinski definition) is 1. The first-order valence-corrected chi connectivity index (χ1v) is 12.2. The minimum Gasteiger partial charge on any atom is -0.354 e. The number of aryl methyl sites for hydroxylation is 1. The first-order chi connectivity index (χ1) is 14.7. The third-order valence-corrected chi connectivity index (χ3v) is 6.53. The summed E-state index contributed by atoms with van der Waals surface area (Å²) in [5.41, 5.74) is 3.15. The van der Waals surface area contributed by atoms with E-state index in [1.807, 2.05) is 57.2 Å². The van der Waals surface area contributed by atoms with Crippen molar-refractivity contribution < 1.29 is 9.59 Å². The normalized spacial score (nSPS) is 12.0. The van der Waals surface area contributed by atoms with Crippen LogP contribution < -0.4 is 5.32 Å².